The molecule has 0 radical (unpaired) electrons. The van der Waals surface area contributed by atoms with Gasteiger partial charge >= 0.3 is 0 Å². The van der Waals surface area contributed by atoms with Gasteiger partial charge in [-0.1, -0.05) is 54.6 Å². The Hall–Kier alpha value is -3.16. The molecule has 1 fully saturated rings. The van der Waals surface area contributed by atoms with Crippen molar-refractivity contribution in [3.05, 3.63) is 89.5 Å². The number of nitrogens with zero attached hydrogens (tertiary/aromatic N) is 1. The van der Waals surface area contributed by atoms with E-state index in [0.29, 0.717) is 24.4 Å². The van der Waals surface area contributed by atoms with Crippen molar-refractivity contribution < 1.29 is 17.9 Å². The fraction of sp³-hybridized carbons (Fsp3) is 0.240. The van der Waals surface area contributed by atoms with Crippen molar-refractivity contribution in [3.8, 4) is 5.75 Å². The molecule has 1 heterocycles. The Morgan fingerprint density at radius 2 is 1.72 bits per heavy atom. The minimum atomic E-state index is -3.91. The molecule has 1 aliphatic rings. The van der Waals surface area contributed by atoms with Crippen LogP contribution in [0.15, 0.2) is 77.7 Å². The molecule has 1 atom stereocenters. The Morgan fingerprint density at radius 1 is 1.00 bits per heavy atom. The lowest BCUT2D eigenvalue weighted by molar-refractivity contribution is -0.117. The first-order valence-electron chi connectivity index (χ1n) is 10.5. The largest absolute Gasteiger partial charge is 0.495 e. The SMILES string of the molecule is COc1ccc(S(=O)(=O)NC(c2ccccc2)c2ccccc2C)cc1N1CCCC1=O. The highest BCUT2D eigenvalue weighted by Gasteiger charge is 2.28. The highest BCUT2D eigenvalue weighted by molar-refractivity contribution is 7.89. The van der Waals surface area contributed by atoms with Crippen molar-refractivity contribution in [1.82, 2.24) is 4.72 Å². The second kappa shape index (κ2) is 9.14. The smallest absolute Gasteiger partial charge is 0.241 e. The third kappa shape index (κ3) is 4.40. The number of carbonyl (C=O) groups is 1. The van der Waals surface area contributed by atoms with Gasteiger partial charge in [-0.3, -0.25) is 4.79 Å². The van der Waals surface area contributed by atoms with E-state index in [1.54, 1.807) is 11.0 Å². The molecular formula is C25H26N2O4S. The van der Waals surface area contributed by atoms with Gasteiger partial charge in [-0.05, 0) is 48.2 Å². The summed E-state index contributed by atoms with van der Waals surface area (Å²) in [5.41, 5.74) is 3.19. The molecule has 1 N–H and O–H groups in total. The van der Waals surface area contributed by atoms with Gasteiger partial charge in [-0.25, -0.2) is 8.42 Å². The van der Waals surface area contributed by atoms with Gasteiger partial charge in [0, 0.05) is 13.0 Å². The molecule has 1 saturated heterocycles. The Kier molecular flexibility index (Phi) is 6.30. The first kappa shape index (κ1) is 22.0. The molecule has 0 bridgehead atoms. The molecular weight excluding hydrogens is 424 g/mol. The zero-order valence-corrected chi connectivity index (χ0v) is 18.9. The molecule has 4 rings (SSSR count). The number of carbonyl (C=O) groups excluding carboxylic acids is 1. The van der Waals surface area contributed by atoms with E-state index in [2.05, 4.69) is 4.72 Å². The first-order chi connectivity index (χ1) is 15.4. The average Bonchev–Trinajstić information content (AvgIpc) is 3.24. The molecule has 1 aliphatic heterocycles. The molecule has 7 heteroatoms. The van der Waals surface area contributed by atoms with Crippen LogP contribution < -0.4 is 14.4 Å². The maximum atomic E-state index is 13.5. The lowest BCUT2D eigenvalue weighted by Crippen LogP contribution is -2.30. The second-order valence-electron chi connectivity index (χ2n) is 7.80. The third-order valence-electron chi connectivity index (χ3n) is 5.73. The van der Waals surface area contributed by atoms with Gasteiger partial charge in [-0.2, -0.15) is 4.72 Å². The Labute approximate surface area is 188 Å². The number of nitrogens with one attached hydrogen (secondary N) is 1. The highest BCUT2D eigenvalue weighted by Crippen LogP contribution is 2.34. The van der Waals surface area contributed by atoms with Gasteiger partial charge in [-0.15, -0.1) is 0 Å². The molecule has 32 heavy (non-hydrogen) atoms. The van der Waals surface area contributed by atoms with Gasteiger partial charge in [0.1, 0.15) is 5.75 Å². The molecule has 0 aliphatic carbocycles. The fourth-order valence-electron chi connectivity index (χ4n) is 4.04. The minimum Gasteiger partial charge on any atom is -0.495 e. The summed E-state index contributed by atoms with van der Waals surface area (Å²) in [6, 6.07) is 21.3. The molecule has 1 unspecified atom stereocenters. The Morgan fingerprint density at radius 3 is 2.38 bits per heavy atom. The van der Waals surface area contributed by atoms with Crippen LogP contribution in [0, 0.1) is 6.92 Å². The van der Waals surface area contributed by atoms with E-state index in [9.17, 15) is 13.2 Å². The van der Waals surface area contributed by atoms with Crippen LogP contribution in [0.4, 0.5) is 5.69 Å². The lowest BCUT2D eigenvalue weighted by Gasteiger charge is -2.23. The summed E-state index contributed by atoms with van der Waals surface area (Å²) in [4.78, 5) is 14.0. The summed E-state index contributed by atoms with van der Waals surface area (Å²) < 4.78 is 35.3. The topological polar surface area (TPSA) is 75.7 Å². The van der Waals surface area contributed by atoms with E-state index in [4.69, 9.17) is 4.74 Å². The first-order valence-corrected chi connectivity index (χ1v) is 12.0. The maximum absolute atomic E-state index is 13.5. The van der Waals surface area contributed by atoms with Crippen LogP contribution in [-0.2, 0) is 14.8 Å². The van der Waals surface area contributed by atoms with Gasteiger partial charge in [0.15, 0.2) is 0 Å². The zero-order valence-electron chi connectivity index (χ0n) is 18.1. The van der Waals surface area contributed by atoms with Crippen molar-refractivity contribution in [2.24, 2.45) is 0 Å². The van der Waals surface area contributed by atoms with E-state index in [1.165, 1.54) is 19.2 Å². The molecule has 166 valence electrons. The summed E-state index contributed by atoms with van der Waals surface area (Å²) in [7, 11) is -2.40. The van der Waals surface area contributed by atoms with Gasteiger partial charge < -0.3 is 9.64 Å². The van der Waals surface area contributed by atoms with E-state index in [1.807, 2.05) is 61.5 Å². The van der Waals surface area contributed by atoms with Crippen LogP contribution in [0.25, 0.3) is 0 Å². The molecule has 3 aromatic carbocycles. The van der Waals surface area contributed by atoms with Crippen molar-refractivity contribution in [3.63, 3.8) is 0 Å². The number of hydrogen-bond donors (Lipinski definition) is 1. The van der Waals surface area contributed by atoms with Crippen LogP contribution in [0.5, 0.6) is 5.75 Å². The van der Waals surface area contributed by atoms with Crippen LogP contribution in [0.2, 0.25) is 0 Å². The predicted octanol–water partition coefficient (Wildman–Crippen LogP) is 4.20. The quantitative estimate of drug-likeness (QED) is 0.585. The van der Waals surface area contributed by atoms with Gasteiger partial charge in [0.05, 0.1) is 23.7 Å². The van der Waals surface area contributed by atoms with E-state index in [-0.39, 0.29) is 10.8 Å². The van der Waals surface area contributed by atoms with Crippen LogP contribution in [0.1, 0.15) is 35.6 Å². The van der Waals surface area contributed by atoms with Crippen molar-refractivity contribution >= 4 is 21.6 Å². The second-order valence-corrected chi connectivity index (χ2v) is 9.52. The number of amides is 1. The lowest BCUT2D eigenvalue weighted by atomic mass is 9.96. The number of anilines is 1. The number of ether oxygens (including phenoxy) is 1. The standard InChI is InChI=1S/C25H26N2O4S/c1-18-9-6-7-12-21(18)25(19-10-4-3-5-11-19)26-32(29,30)20-14-15-23(31-2)22(17-20)27-16-8-13-24(27)28/h3-7,9-12,14-15,17,25-26H,8,13,16H2,1-2H3. The van der Waals surface area contributed by atoms with E-state index >= 15 is 0 Å². The predicted molar refractivity (Wildman–Crippen MR) is 124 cm³/mol. The Bertz CT molecular complexity index is 1230. The molecule has 1 amide bonds. The highest BCUT2D eigenvalue weighted by atomic mass is 32.2. The van der Waals surface area contributed by atoms with E-state index in [0.717, 1.165) is 23.1 Å². The van der Waals surface area contributed by atoms with Crippen molar-refractivity contribution in [1.29, 1.82) is 0 Å². The summed E-state index contributed by atoms with van der Waals surface area (Å²) in [6.45, 7) is 2.51. The molecule has 3 aromatic rings. The monoisotopic (exact) mass is 450 g/mol. The number of sulfonamides is 1. The van der Waals surface area contributed by atoms with Gasteiger partial charge in [0.25, 0.3) is 0 Å². The average molecular weight is 451 g/mol. The maximum Gasteiger partial charge on any atom is 0.241 e. The summed E-state index contributed by atoms with van der Waals surface area (Å²) in [5, 5.41) is 0. The molecule has 0 saturated carbocycles. The van der Waals surface area contributed by atoms with Gasteiger partial charge in [0.2, 0.25) is 15.9 Å². The summed E-state index contributed by atoms with van der Waals surface area (Å²) in [6.07, 6.45) is 1.18. The van der Waals surface area contributed by atoms with Crippen molar-refractivity contribution in [2.45, 2.75) is 30.7 Å². The van der Waals surface area contributed by atoms with E-state index < -0.39 is 16.1 Å². The molecule has 6 nitrogen and oxygen atoms in total. The number of hydrogen-bond acceptors (Lipinski definition) is 4. The van der Waals surface area contributed by atoms with Crippen molar-refractivity contribution in [2.75, 3.05) is 18.6 Å². The third-order valence-corrected chi connectivity index (χ3v) is 7.15. The zero-order chi connectivity index (χ0) is 22.7. The summed E-state index contributed by atoms with van der Waals surface area (Å²) in [5.74, 6) is 0.436. The fourth-order valence-corrected chi connectivity index (χ4v) is 5.26. The number of methoxy groups -OCH3 is 1. The number of aryl methyl sites for hydroxylation is 1. The summed E-state index contributed by atoms with van der Waals surface area (Å²) >= 11 is 0. The Balaban J connectivity index is 1.75. The normalized spacial score (nSPS) is 15.1. The number of benzene rings is 3. The number of rotatable bonds is 7. The van der Waals surface area contributed by atoms with Crippen LogP contribution >= 0.6 is 0 Å². The molecule has 0 spiro atoms. The molecule has 0 aromatic heterocycles. The van der Waals surface area contributed by atoms with Crippen LogP contribution in [-0.4, -0.2) is 28.0 Å². The minimum absolute atomic E-state index is 0.0344. The van der Waals surface area contributed by atoms with Crippen LogP contribution in [0.3, 0.4) is 0 Å².